The van der Waals surface area contributed by atoms with Gasteiger partial charge in [-0.25, -0.2) is 0 Å². The Labute approximate surface area is 129 Å². The van der Waals surface area contributed by atoms with Crippen molar-refractivity contribution in [1.82, 2.24) is 5.32 Å². The largest absolute Gasteiger partial charge is 0.493 e. The molecule has 0 aromatic heterocycles. The lowest BCUT2D eigenvalue weighted by Crippen LogP contribution is -2.58. The van der Waals surface area contributed by atoms with Gasteiger partial charge in [-0.2, -0.15) is 0 Å². The summed E-state index contributed by atoms with van der Waals surface area (Å²) in [6, 6.07) is 4.69. The summed E-state index contributed by atoms with van der Waals surface area (Å²) >= 11 is 0. The number of methoxy groups -OCH3 is 2. The van der Waals surface area contributed by atoms with Gasteiger partial charge in [-0.1, -0.05) is 12.1 Å². The fourth-order valence-corrected chi connectivity index (χ4v) is 4.91. The fourth-order valence-electron chi connectivity index (χ4n) is 4.91. The smallest absolute Gasteiger partial charge is 0.173 e. The Balaban J connectivity index is 1.87. The first-order chi connectivity index (χ1) is 10.8. The van der Waals surface area contributed by atoms with E-state index in [-0.39, 0.29) is 5.41 Å². The van der Waals surface area contributed by atoms with Gasteiger partial charge in [-0.15, -0.1) is 0 Å². The van der Waals surface area contributed by atoms with Crippen molar-refractivity contribution < 1.29 is 14.2 Å². The third kappa shape index (κ3) is 1.24. The Morgan fingerprint density at radius 3 is 3.00 bits per heavy atom. The highest BCUT2D eigenvalue weighted by Gasteiger charge is 2.60. The second-order valence-corrected chi connectivity index (χ2v) is 6.50. The molecule has 5 rings (SSSR count). The third-order valence-electron chi connectivity index (χ3n) is 5.75. The number of nitrogens with one attached hydrogen (secondary N) is 1. The van der Waals surface area contributed by atoms with E-state index in [0.29, 0.717) is 12.0 Å². The molecule has 22 heavy (non-hydrogen) atoms. The molecule has 1 N–H and O–H groups in total. The monoisotopic (exact) mass is 297 g/mol. The minimum atomic E-state index is -0.0759. The summed E-state index contributed by atoms with van der Waals surface area (Å²) in [7, 11) is 3.42. The Morgan fingerprint density at radius 1 is 1.27 bits per heavy atom. The van der Waals surface area contributed by atoms with Gasteiger partial charge in [0.15, 0.2) is 23.0 Å². The summed E-state index contributed by atoms with van der Waals surface area (Å²) < 4.78 is 17.5. The zero-order valence-corrected chi connectivity index (χ0v) is 12.8. The van der Waals surface area contributed by atoms with E-state index < -0.39 is 0 Å². The minimum absolute atomic E-state index is 0.0759. The molecule has 2 aliphatic carbocycles. The normalized spacial score (nSPS) is 33.4. The highest BCUT2D eigenvalue weighted by molar-refractivity contribution is 5.66. The van der Waals surface area contributed by atoms with E-state index in [2.05, 4.69) is 23.5 Å². The van der Waals surface area contributed by atoms with Crippen molar-refractivity contribution in [3.63, 3.8) is 0 Å². The molecule has 4 nitrogen and oxygen atoms in total. The van der Waals surface area contributed by atoms with Gasteiger partial charge in [-0.3, -0.25) is 0 Å². The van der Waals surface area contributed by atoms with E-state index >= 15 is 0 Å². The third-order valence-corrected chi connectivity index (χ3v) is 5.75. The topological polar surface area (TPSA) is 39.7 Å². The average molecular weight is 297 g/mol. The van der Waals surface area contributed by atoms with Crippen LogP contribution in [-0.2, 0) is 16.6 Å². The van der Waals surface area contributed by atoms with Crippen LogP contribution in [0.15, 0.2) is 35.8 Å². The van der Waals surface area contributed by atoms with Crippen molar-refractivity contribution in [3.8, 4) is 11.5 Å². The van der Waals surface area contributed by atoms with E-state index in [0.717, 1.165) is 42.4 Å². The predicted octanol–water partition coefficient (Wildman–Crippen LogP) is 2.29. The highest BCUT2D eigenvalue weighted by Crippen LogP contribution is 2.62. The zero-order valence-electron chi connectivity index (χ0n) is 12.8. The number of rotatable bonds is 2. The number of hydrogen-bond donors (Lipinski definition) is 1. The van der Waals surface area contributed by atoms with Gasteiger partial charge < -0.3 is 19.5 Å². The first kappa shape index (κ1) is 12.6. The zero-order chi connectivity index (χ0) is 14.9. The molecule has 1 aromatic carbocycles. The van der Waals surface area contributed by atoms with Gasteiger partial charge in [0, 0.05) is 17.5 Å². The first-order valence-electron chi connectivity index (χ1n) is 7.88. The molecular weight excluding hydrogens is 278 g/mol. The van der Waals surface area contributed by atoms with Crippen LogP contribution in [0, 0.1) is 5.92 Å². The van der Waals surface area contributed by atoms with Gasteiger partial charge in [0.05, 0.1) is 19.6 Å². The van der Waals surface area contributed by atoms with Crippen molar-refractivity contribution >= 4 is 0 Å². The van der Waals surface area contributed by atoms with Crippen LogP contribution in [0.2, 0.25) is 0 Å². The molecule has 2 bridgehead atoms. The first-order valence-corrected chi connectivity index (χ1v) is 7.88. The summed E-state index contributed by atoms with van der Waals surface area (Å²) in [4.78, 5) is 0. The summed E-state index contributed by atoms with van der Waals surface area (Å²) in [6.45, 7) is 1.01. The molecule has 4 heteroatoms. The quantitative estimate of drug-likeness (QED) is 0.909. The lowest BCUT2D eigenvalue weighted by Gasteiger charge is -2.50. The van der Waals surface area contributed by atoms with E-state index in [1.165, 1.54) is 11.1 Å². The van der Waals surface area contributed by atoms with Crippen LogP contribution < -0.4 is 14.8 Å². The van der Waals surface area contributed by atoms with Crippen LogP contribution in [-0.4, -0.2) is 26.8 Å². The van der Waals surface area contributed by atoms with Gasteiger partial charge in [0.1, 0.15) is 0 Å². The number of piperidine rings is 1. The van der Waals surface area contributed by atoms with Crippen LogP contribution in [0.4, 0.5) is 0 Å². The molecule has 2 heterocycles. The van der Waals surface area contributed by atoms with Gasteiger partial charge >= 0.3 is 0 Å². The maximum Gasteiger partial charge on any atom is 0.173 e. The SMILES string of the molecule is COC1=C2Oc3c(OC)ccc4c3[C@@]23CCN[C@H](C4)[C@@H]3C=C1. The Hall–Kier alpha value is -1.94. The average Bonchev–Trinajstić information content (AvgIpc) is 2.88. The molecule has 0 amide bonds. The molecule has 1 aromatic rings. The van der Waals surface area contributed by atoms with E-state index in [1.807, 2.05) is 6.07 Å². The van der Waals surface area contributed by atoms with Crippen molar-refractivity contribution in [1.29, 1.82) is 0 Å². The molecule has 0 saturated carbocycles. The summed E-state index contributed by atoms with van der Waals surface area (Å²) in [6.07, 6.45) is 6.46. The Kier molecular flexibility index (Phi) is 2.33. The number of allylic oxidation sites excluding steroid dienone is 2. The summed E-state index contributed by atoms with van der Waals surface area (Å²) in [5, 5.41) is 3.69. The van der Waals surface area contributed by atoms with Crippen LogP contribution in [0.1, 0.15) is 17.5 Å². The molecule has 0 unspecified atom stereocenters. The summed E-state index contributed by atoms with van der Waals surface area (Å²) in [5.74, 6) is 3.98. The molecule has 3 atom stereocenters. The fraction of sp³-hybridized carbons (Fsp3) is 0.444. The Morgan fingerprint density at radius 2 is 2.18 bits per heavy atom. The number of benzene rings is 1. The van der Waals surface area contributed by atoms with Crippen molar-refractivity contribution in [2.24, 2.45) is 5.92 Å². The minimum Gasteiger partial charge on any atom is -0.493 e. The molecule has 1 saturated heterocycles. The van der Waals surface area contributed by atoms with Crippen LogP contribution in [0.5, 0.6) is 11.5 Å². The molecule has 0 radical (unpaired) electrons. The van der Waals surface area contributed by atoms with Crippen molar-refractivity contribution in [3.05, 3.63) is 46.9 Å². The molecule has 114 valence electrons. The van der Waals surface area contributed by atoms with Crippen LogP contribution in [0.3, 0.4) is 0 Å². The van der Waals surface area contributed by atoms with E-state index in [4.69, 9.17) is 14.2 Å². The number of ether oxygens (including phenoxy) is 3. The maximum atomic E-state index is 6.35. The number of hydrogen-bond acceptors (Lipinski definition) is 4. The molecule has 2 aliphatic heterocycles. The lowest BCUT2D eigenvalue weighted by molar-refractivity contribution is 0.154. The van der Waals surface area contributed by atoms with E-state index in [9.17, 15) is 0 Å². The van der Waals surface area contributed by atoms with Gasteiger partial charge in [0.2, 0.25) is 0 Å². The second kappa shape index (κ2) is 4.07. The highest BCUT2D eigenvalue weighted by atomic mass is 16.5. The van der Waals surface area contributed by atoms with Gasteiger partial charge in [-0.05, 0) is 37.1 Å². The molecule has 1 spiro atoms. The summed E-state index contributed by atoms with van der Waals surface area (Å²) in [5.41, 5.74) is 2.64. The van der Waals surface area contributed by atoms with Crippen molar-refractivity contribution in [2.45, 2.75) is 24.3 Å². The molecule has 4 aliphatic rings. The maximum absolute atomic E-state index is 6.35. The molecule has 1 fully saturated rings. The van der Waals surface area contributed by atoms with E-state index in [1.54, 1.807) is 14.2 Å². The Bertz CT molecular complexity index is 736. The van der Waals surface area contributed by atoms with Crippen LogP contribution in [0.25, 0.3) is 0 Å². The predicted molar refractivity (Wildman–Crippen MR) is 82.1 cm³/mol. The van der Waals surface area contributed by atoms with Crippen LogP contribution >= 0.6 is 0 Å². The second-order valence-electron chi connectivity index (χ2n) is 6.50. The van der Waals surface area contributed by atoms with Gasteiger partial charge in [0.25, 0.3) is 0 Å². The standard InChI is InChI=1S/C18H19NO3/c1-20-13-5-3-10-9-12-11-4-6-14(21-2)17-18(11,7-8-19-12)15(10)16(13)22-17/h3-6,11-12,19H,7-9H2,1-2H3/t11-,12+,18-/m0/s1. The lowest BCUT2D eigenvalue weighted by atomic mass is 9.56. The van der Waals surface area contributed by atoms with Crippen molar-refractivity contribution in [2.75, 3.05) is 20.8 Å². The molecular formula is C18H19NO3.